The lowest BCUT2D eigenvalue weighted by Gasteiger charge is -2.06. The number of rotatable bonds is 3. The van der Waals surface area contributed by atoms with E-state index in [9.17, 15) is 13.6 Å². The number of pyridine rings is 1. The van der Waals surface area contributed by atoms with Crippen molar-refractivity contribution in [2.45, 2.75) is 13.3 Å². The third-order valence-corrected chi connectivity index (χ3v) is 2.55. The van der Waals surface area contributed by atoms with Gasteiger partial charge in [-0.3, -0.25) is 9.48 Å². The molecule has 2 aromatic heterocycles. The van der Waals surface area contributed by atoms with Crippen molar-refractivity contribution in [3.05, 3.63) is 41.3 Å². The van der Waals surface area contributed by atoms with Gasteiger partial charge in [-0.1, -0.05) is 6.07 Å². The lowest BCUT2D eigenvalue weighted by atomic mass is 10.2. The van der Waals surface area contributed by atoms with E-state index in [0.29, 0.717) is 5.82 Å². The molecule has 0 aliphatic heterocycles. The van der Waals surface area contributed by atoms with Crippen LogP contribution in [0.3, 0.4) is 0 Å². The largest absolute Gasteiger partial charge is 0.306 e. The standard InChI is InChI=1S/C12H12F2N4O/c1-7-4-3-5-15-11(7)16-12(19)8-6-18(2)17-9(8)10(13)14/h3-6,10H,1-2H3,(H,15,16,19). The van der Waals surface area contributed by atoms with Crippen LogP contribution in [0.1, 0.15) is 28.0 Å². The van der Waals surface area contributed by atoms with Crippen LogP contribution in [0.5, 0.6) is 0 Å². The Morgan fingerprint density at radius 3 is 2.84 bits per heavy atom. The summed E-state index contributed by atoms with van der Waals surface area (Å²) in [6.45, 7) is 1.76. The number of nitrogens with zero attached hydrogens (tertiary/aromatic N) is 3. The molecule has 5 nitrogen and oxygen atoms in total. The van der Waals surface area contributed by atoms with Crippen LogP contribution < -0.4 is 5.32 Å². The van der Waals surface area contributed by atoms with Crippen LogP contribution in [0.25, 0.3) is 0 Å². The summed E-state index contributed by atoms with van der Waals surface area (Å²) in [4.78, 5) is 15.9. The number of aryl methyl sites for hydroxylation is 2. The Labute approximate surface area is 108 Å². The first kappa shape index (κ1) is 13.1. The van der Waals surface area contributed by atoms with Gasteiger partial charge in [0.25, 0.3) is 12.3 Å². The Kier molecular flexibility index (Phi) is 3.55. The van der Waals surface area contributed by atoms with Crippen molar-refractivity contribution in [2.24, 2.45) is 7.05 Å². The summed E-state index contributed by atoms with van der Waals surface area (Å²) in [5.41, 5.74) is 0.0643. The van der Waals surface area contributed by atoms with E-state index in [0.717, 1.165) is 5.56 Å². The summed E-state index contributed by atoms with van der Waals surface area (Å²) in [6.07, 6.45) is -0.0265. The first-order valence-corrected chi connectivity index (χ1v) is 5.53. The Morgan fingerprint density at radius 1 is 1.47 bits per heavy atom. The zero-order chi connectivity index (χ0) is 14.0. The summed E-state index contributed by atoms with van der Waals surface area (Å²) in [7, 11) is 1.48. The molecule has 1 N–H and O–H groups in total. The van der Waals surface area contributed by atoms with E-state index in [2.05, 4.69) is 15.4 Å². The number of hydrogen-bond donors (Lipinski definition) is 1. The molecule has 0 aliphatic rings. The van der Waals surface area contributed by atoms with Crippen LogP contribution in [-0.4, -0.2) is 20.7 Å². The monoisotopic (exact) mass is 266 g/mol. The summed E-state index contributed by atoms with van der Waals surface area (Å²) in [5.74, 6) is -0.304. The second-order valence-corrected chi connectivity index (χ2v) is 4.03. The molecule has 0 radical (unpaired) electrons. The summed E-state index contributed by atoms with van der Waals surface area (Å²) >= 11 is 0. The van der Waals surface area contributed by atoms with Gasteiger partial charge in [-0.2, -0.15) is 5.10 Å². The van der Waals surface area contributed by atoms with Crippen molar-refractivity contribution in [1.29, 1.82) is 0 Å². The van der Waals surface area contributed by atoms with Gasteiger partial charge in [0.2, 0.25) is 0 Å². The number of halogens is 2. The van der Waals surface area contributed by atoms with Gasteiger partial charge in [0, 0.05) is 19.4 Å². The van der Waals surface area contributed by atoms with Crippen LogP contribution in [-0.2, 0) is 7.05 Å². The highest BCUT2D eigenvalue weighted by Crippen LogP contribution is 2.22. The maximum Gasteiger partial charge on any atom is 0.282 e. The minimum absolute atomic E-state index is 0.150. The minimum atomic E-state index is -2.80. The molecule has 0 aliphatic carbocycles. The van der Waals surface area contributed by atoms with Crippen molar-refractivity contribution in [2.75, 3.05) is 5.32 Å². The Balaban J connectivity index is 2.28. The van der Waals surface area contributed by atoms with Gasteiger partial charge in [0.05, 0.1) is 5.56 Å². The number of carbonyl (C=O) groups is 1. The smallest absolute Gasteiger partial charge is 0.282 e. The summed E-state index contributed by atoms with van der Waals surface area (Å²) in [6, 6.07) is 3.49. The molecule has 2 heterocycles. The van der Waals surface area contributed by atoms with Crippen molar-refractivity contribution in [3.63, 3.8) is 0 Å². The average Bonchev–Trinajstić information content (AvgIpc) is 2.74. The van der Waals surface area contributed by atoms with Crippen molar-refractivity contribution >= 4 is 11.7 Å². The van der Waals surface area contributed by atoms with Gasteiger partial charge >= 0.3 is 0 Å². The van der Waals surface area contributed by atoms with Crippen molar-refractivity contribution in [1.82, 2.24) is 14.8 Å². The third-order valence-electron chi connectivity index (χ3n) is 2.55. The molecule has 1 amide bonds. The minimum Gasteiger partial charge on any atom is -0.306 e. The number of nitrogens with one attached hydrogen (secondary N) is 1. The van der Waals surface area contributed by atoms with E-state index < -0.39 is 18.0 Å². The van der Waals surface area contributed by atoms with E-state index >= 15 is 0 Å². The topological polar surface area (TPSA) is 59.8 Å². The fraction of sp³-hybridized carbons (Fsp3) is 0.250. The fourth-order valence-corrected chi connectivity index (χ4v) is 1.63. The second kappa shape index (κ2) is 5.13. The van der Waals surface area contributed by atoms with Gasteiger partial charge in [-0.25, -0.2) is 13.8 Å². The van der Waals surface area contributed by atoms with E-state index in [1.807, 2.05) is 0 Å². The van der Waals surface area contributed by atoms with Crippen LogP contribution >= 0.6 is 0 Å². The van der Waals surface area contributed by atoms with Crippen LogP contribution in [0.15, 0.2) is 24.5 Å². The molecule has 100 valence electrons. The number of alkyl halides is 2. The number of aromatic nitrogens is 3. The lowest BCUT2D eigenvalue weighted by Crippen LogP contribution is -2.15. The zero-order valence-corrected chi connectivity index (χ0v) is 10.4. The van der Waals surface area contributed by atoms with Crippen molar-refractivity contribution in [3.8, 4) is 0 Å². The molecule has 7 heteroatoms. The molecule has 0 fully saturated rings. The number of hydrogen-bond acceptors (Lipinski definition) is 3. The zero-order valence-electron chi connectivity index (χ0n) is 10.4. The SMILES string of the molecule is Cc1cccnc1NC(=O)c1cn(C)nc1C(F)F. The van der Waals surface area contributed by atoms with Gasteiger partial charge < -0.3 is 5.32 Å². The van der Waals surface area contributed by atoms with Crippen LogP contribution in [0.2, 0.25) is 0 Å². The van der Waals surface area contributed by atoms with Gasteiger partial charge in [-0.15, -0.1) is 0 Å². The summed E-state index contributed by atoms with van der Waals surface area (Å²) in [5, 5.41) is 6.08. The number of amides is 1. The highest BCUT2D eigenvalue weighted by Gasteiger charge is 2.23. The van der Waals surface area contributed by atoms with Gasteiger partial charge in [-0.05, 0) is 18.6 Å². The molecule has 0 saturated heterocycles. The molecule has 2 rings (SSSR count). The fourth-order valence-electron chi connectivity index (χ4n) is 1.63. The molecule has 2 aromatic rings. The van der Waals surface area contributed by atoms with E-state index in [1.54, 1.807) is 19.1 Å². The Hall–Kier alpha value is -2.31. The molecular weight excluding hydrogens is 254 g/mol. The Bertz CT molecular complexity index is 610. The molecule has 0 unspecified atom stereocenters. The van der Waals surface area contributed by atoms with Crippen LogP contribution in [0, 0.1) is 6.92 Å². The molecule has 0 atom stereocenters. The third kappa shape index (κ3) is 2.75. The predicted molar refractivity (Wildman–Crippen MR) is 65.1 cm³/mol. The van der Waals surface area contributed by atoms with Crippen LogP contribution in [0.4, 0.5) is 14.6 Å². The molecule has 19 heavy (non-hydrogen) atoms. The number of anilines is 1. The molecular formula is C12H12F2N4O. The number of carbonyl (C=O) groups excluding carboxylic acids is 1. The maximum atomic E-state index is 12.7. The summed E-state index contributed by atoms with van der Waals surface area (Å²) < 4.78 is 26.7. The first-order chi connectivity index (χ1) is 8.99. The highest BCUT2D eigenvalue weighted by atomic mass is 19.3. The lowest BCUT2D eigenvalue weighted by molar-refractivity contribution is 0.101. The first-order valence-electron chi connectivity index (χ1n) is 5.53. The molecule has 0 saturated carbocycles. The van der Waals surface area contributed by atoms with Gasteiger partial charge in [0.1, 0.15) is 11.5 Å². The van der Waals surface area contributed by atoms with Gasteiger partial charge in [0.15, 0.2) is 0 Å². The molecule has 0 spiro atoms. The maximum absolute atomic E-state index is 12.7. The highest BCUT2D eigenvalue weighted by molar-refractivity contribution is 6.04. The predicted octanol–water partition coefficient (Wildman–Crippen LogP) is 2.31. The van der Waals surface area contributed by atoms with E-state index in [4.69, 9.17) is 0 Å². The van der Waals surface area contributed by atoms with E-state index in [-0.39, 0.29) is 5.56 Å². The quantitative estimate of drug-likeness (QED) is 0.927. The molecule has 0 aromatic carbocycles. The van der Waals surface area contributed by atoms with Crippen molar-refractivity contribution < 1.29 is 13.6 Å². The normalized spacial score (nSPS) is 10.8. The average molecular weight is 266 g/mol. The Morgan fingerprint density at radius 2 is 2.21 bits per heavy atom. The van der Waals surface area contributed by atoms with E-state index in [1.165, 1.54) is 24.1 Å². The molecule has 0 bridgehead atoms. The second-order valence-electron chi connectivity index (χ2n) is 4.03.